The number of hydrogen-bond acceptors (Lipinski definition) is 7. The third kappa shape index (κ3) is 5.34. The fourth-order valence-electron chi connectivity index (χ4n) is 2.93. The normalized spacial score (nSPS) is 11.1. The first kappa shape index (κ1) is 20.3. The maximum atomic E-state index is 12.5. The average Bonchev–Trinajstić information content (AvgIpc) is 2.74. The number of aromatic nitrogens is 3. The number of nitrogen functional groups attached to an aromatic ring is 1. The summed E-state index contributed by atoms with van der Waals surface area (Å²) in [6.45, 7) is 0. The maximum Gasteiger partial charge on any atom is 0.236 e. The highest BCUT2D eigenvalue weighted by Crippen LogP contribution is 2.31. The average molecular weight is 433 g/mol. The highest BCUT2D eigenvalue weighted by molar-refractivity contribution is 7.91. The molecule has 0 aliphatic rings. The number of ether oxygens (including phenoxy) is 1. The molecule has 156 valence electrons. The van der Waals surface area contributed by atoms with E-state index in [2.05, 4.69) is 19.7 Å². The van der Waals surface area contributed by atoms with Crippen LogP contribution >= 0.6 is 0 Å². The Morgan fingerprint density at radius 1 is 0.903 bits per heavy atom. The lowest BCUT2D eigenvalue weighted by molar-refractivity contribution is 0.465. The summed E-state index contributed by atoms with van der Waals surface area (Å²) in [5, 5.41) is 0. The van der Waals surface area contributed by atoms with Crippen LogP contribution in [0, 0.1) is 0 Å². The number of nitrogens with one attached hydrogen (secondary N) is 1. The van der Waals surface area contributed by atoms with Crippen LogP contribution < -0.4 is 15.2 Å². The number of pyridine rings is 1. The zero-order chi connectivity index (χ0) is 21.7. The van der Waals surface area contributed by atoms with E-state index >= 15 is 0 Å². The molecule has 0 aliphatic heterocycles. The van der Waals surface area contributed by atoms with E-state index in [1.54, 1.807) is 79.1 Å². The summed E-state index contributed by atoms with van der Waals surface area (Å²) < 4.78 is 33.6. The van der Waals surface area contributed by atoms with Crippen molar-refractivity contribution in [1.82, 2.24) is 15.0 Å². The monoisotopic (exact) mass is 433 g/mol. The van der Waals surface area contributed by atoms with Gasteiger partial charge in [0.1, 0.15) is 5.75 Å². The van der Waals surface area contributed by atoms with Crippen LogP contribution in [0.3, 0.4) is 0 Å². The van der Waals surface area contributed by atoms with Gasteiger partial charge in [-0.1, -0.05) is 36.4 Å². The van der Waals surface area contributed by atoms with Crippen molar-refractivity contribution in [2.45, 2.75) is 5.75 Å². The number of nitrogens with two attached hydrogens (primary N) is 1. The van der Waals surface area contributed by atoms with Crippen molar-refractivity contribution in [2.75, 3.05) is 10.5 Å². The first-order valence-electron chi connectivity index (χ1n) is 9.35. The number of benzene rings is 2. The number of rotatable bonds is 7. The molecule has 4 aromatic rings. The van der Waals surface area contributed by atoms with Gasteiger partial charge in [-0.2, -0.15) is 0 Å². The fourth-order valence-corrected chi connectivity index (χ4v) is 4.12. The van der Waals surface area contributed by atoms with Crippen LogP contribution in [0.15, 0.2) is 85.2 Å². The van der Waals surface area contributed by atoms with Gasteiger partial charge in [0.15, 0.2) is 0 Å². The summed E-state index contributed by atoms with van der Waals surface area (Å²) in [7, 11) is -3.59. The van der Waals surface area contributed by atoms with Crippen LogP contribution in [0.25, 0.3) is 11.3 Å². The molecule has 0 amide bonds. The van der Waals surface area contributed by atoms with Gasteiger partial charge in [-0.05, 0) is 35.9 Å². The molecule has 31 heavy (non-hydrogen) atoms. The molecule has 2 aromatic carbocycles. The van der Waals surface area contributed by atoms with Crippen molar-refractivity contribution in [3.05, 3.63) is 90.8 Å². The standard InChI is InChI=1S/C22H19N5O3S/c23-22-25-13-11-20(26-22)19-10-5-12-24-21(19)30-18-9-4-8-17(14-18)27-31(28,29)15-16-6-2-1-3-7-16/h1-14,27H,15H2,(H2,23,25,26). The summed E-state index contributed by atoms with van der Waals surface area (Å²) in [6, 6.07) is 20.9. The van der Waals surface area contributed by atoms with Gasteiger partial charge in [0.2, 0.25) is 21.9 Å². The Balaban J connectivity index is 1.55. The predicted octanol–water partition coefficient (Wildman–Crippen LogP) is 3.86. The first-order chi connectivity index (χ1) is 15.0. The molecule has 0 atom stereocenters. The highest BCUT2D eigenvalue weighted by atomic mass is 32.2. The highest BCUT2D eigenvalue weighted by Gasteiger charge is 2.14. The summed E-state index contributed by atoms with van der Waals surface area (Å²) in [6.07, 6.45) is 3.15. The molecule has 0 saturated heterocycles. The molecule has 4 rings (SSSR count). The molecular weight excluding hydrogens is 414 g/mol. The minimum atomic E-state index is -3.59. The van der Waals surface area contributed by atoms with Crippen LogP contribution in [0.1, 0.15) is 5.56 Å². The van der Waals surface area contributed by atoms with Gasteiger partial charge < -0.3 is 10.5 Å². The number of sulfonamides is 1. The second kappa shape index (κ2) is 8.80. The van der Waals surface area contributed by atoms with Gasteiger partial charge in [0.05, 0.1) is 22.7 Å². The molecule has 0 unspecified atom stereocenters. The van der Waals surface area contributed by atoms with Crippen LogP contribution in [0.5, 0.6) is 11.6 Å². The molecule has 8 nitrogen and oxygen atoms in total. The molecule has 0 bridgehead atoms. The quantitative estimate of drug-likeness (QED) is 0.454. The minimum Gasteiger partial charge on any atom is -0.438 e. The third-order valence-corrected chi connectivity index (χ3v) is 5.50. The summed E-state index contributed by atoms with van der Waals surface area (Å²) in [5.41, 5.74) is 7.97. The molecule has 2 aromatic heterocycles. The Kier molecular flexibility index (Phi) is 5.76. The number of anilines is 2. The van der Waals surface area contributed by atoms with Crippen molar-refractivity contribution >= 4 is 21.7 Å². The van der Waals surface area contributed by atoms with Crippen molar-refractivity contribution in [3.63, 3.8) is 0 Å². The van der Waals surface area contributed by atoms with Crippen LogP contribution in [-0.2, 0) is 15.8 Å². The Bertz CT molecular complexity index is 1300. The Morgan fingerprint density at radius 2 is 1.74 bits per heavy atom. The van der Waals surface area contributed by atoms with Crippen LogP contribution in [0.4, 0.5) is 11.6 Å². The summed E-state index contributed by atoms with van der Waals surface area (Å²) >= 11 is 0. The molecule has 2 heterocycles. The van der Waals surface area contributed by atoms with Crippen LogP contribution in [0.2, 0.25) is 0 Å². The zero-order valence-corrected chi connectivity index (χ0v) is 17.2. The van der Waals surface area contributed by atoms with E-state index in [9.17, 15) is 8.42 Å². The van der Waals surface area contributed by atoms with Crippen molar-refractivity contribution < 1.29 is 13.2 Å². The Labute approximate surface area is 179 Å². The van der Waals surface area contributed by atoms with E-state index < -0.39 is 10.0 Å². The van der Waals surface area contributed by atoms with E-state index in [1.165, 1.54) is 0 Å². The molecule has 0 radical (unpaired) electrons. The van der Waals surface area contributed by atoms with E-state index in [-0.39, 0.29) is 11.7 Å². The molecule has 9 heteroatoms. The second-order valence-electron chi connectivity index (χ2n) is 6.63. The summed E-state index contributed by atoms with van der Waals surface area (Å²) in [4.78, 5) is 12.4. The second-order valence-corrected chi connectivity index (χ2v) is 8.36. The van der Waals surface area contributed by atoms with Crippen LogP contribution in [-0.4, -0.2) is 23.4 Å². The summed E-state index contributed by atoms with van der Waals surface area (Å²) in [5.74, 6) is 0.743. The molecule has 0 saturated carbocycles. The Hall–Kier alpha value is -3.98. The number of nitrogens with zero attached hydrogens (tertiary/aromatic N) is 3. The molecule has 0 aliphatic carbocycles. The molecule has 0 spiro atoms. The lowest BCUT2D eigenvalue weighted by Crippen LogP contribution is -2.15. The van der Waals surface area contributed by atoms with Gasteiger partial charge >= 0.3 is 0 Å². The van der Waals surface area contributed by atoms with E-state index in [0.29, 0.717) is 34.1 Å². The maximum absolute atomic E-state index is 12.5. The topological polar surface area (TPSA) is 120 Å². The smallest absolute Gasteiger partial charge is 0.236 e. The molecular formula is C22H19N5O3S. The lowest BCUT2D eigenvalue weighted by Gasteiger charge is -2.12. The predicted molar refractivity (Wildman–Crippen MR) is 119 cm³/mol. The van der Waals surface area contributed by atoms with Gasteiger partial charge in [0, 0.05) is 18.5 Å². The van der Waals surface area contributed by atoms with Gasteiger partial charge in [-0.15, -0.1) is 0 Å². The van der Waals surface area contributed by atoms with Crippen molar-refractivity contribution in [2.24, 2.45) is 0 Å². The SMILES string of the molecule is Nc1nccc(-c2cccnc2Oc2cccc(NS(=O)(=O)Cc3ccccc3)c2)n1. The van der Waals surface area contributed by atoms with Crippen molar-refractivity contribution in [3.8, 4) is 22.9 Å². The molecule has 3 N–H and O–H groups in total. The number of hydrogen-bond donors (Lipinski definition) is 2. The Morgan fingerprint density at radius 3 is 2.55 bits per heavy atom. The minimum absolute atomic E-state index is 0.127. The van der Waals surface area contributed by atoms with Gasteiger partial charge in [-0.25, -0.2) is 23.4 Å². The lowest BCUT2D eigenvalue weighted by atomic mass is 10.2. The fraction of sp³-hybridized carbons (Fsp3) is 0.0455. The van der Waals surface area contributed by atoms with Gasteiger partial charge in [-0.3, -0.25) is 4.72 Å². The zero-order valence-electron chi connectivity index (χ0n) is 16.3. The third-order valence-electron chi connectivity index (χ3n) is 4.24. The molecule has 0 fully saturated rings. The van der Waals surface area contributed by atoms with E-state index in [0.717, 1.165) is 0 Å². The largest absolute Gasteiger partial charge is 0.438 e. The van der Waals surface area contributed by atoms with Gasteiger partial charge in [0.25, 0.3) is 0 Å². The van der Waals surface area contributed by atoms with E-state index in [1.807, 2.05) is 6.07 Å². The first-order valence-corrected chi connectivity index (χ1v) is 11.0. The van der Waals surface area contributed by atoms with Crippen molar-refractivity contribution in [1.29, 1.82) is 0 Å². The van der Waals surface area contributed by atoms with E-state index in [4.69, 9.17) is 10.5 Å².